The molecule has 0 aliphatic rings. The molecule has 0 aliphatic carbocycles. The molecule has 21 heavy (non-hydrogen) atoms. The van der Waals surface area contributed by atoms with Crippen LogP contribution in [0.3, 0.4) is 0 Å². The molecule has 0 fully saturated rings. The Morgan fingerprint density at radius 1 is 1.19 bits per heavy atom. The molecule has 110 valence electrons. The van der Waals surface area contributed by atoms with Crippen molar-refractivity contribution < 1.29 is 18.3 Å². The largest absolute Gasteiger partial charge is 0.478 e. The van der Waals surface area contributed by atoms with Crippen LogP contribution in [0, 0.1) is 6.92 Å². The molecular formula is C14H12BrNO4S. The molecule has 0 amide bonds. The highest BCUT2D eigenvalue weighted by Gasteiger charge is 2.18. The van der Waals surface area contributed by atoms with E-state index in [4.69, 9.17) is 5.11 Å². The lowest BCUT2D eigenvalue weighted by molar-refractivity contribution is 0.0698. The Balaban J connectivity index is 2.44. The number of carbonyl (C=O) groups is 1. The summed E-state index contributed by atoms with van der Waals surface area (Å²) in [6.07, 6.45) is 0. The summed E-state index contributed by atoms with van der Waals surface area (Å²) in [5, 5.41) is 9.16. The minimum atomic E-state index is -3.85. The Hall–Kier alpha value is -1.86. The molecule has 7 heteroatoms. The van der Waals surface area contributed by atoms with Crippen LogP contribution in [-0.4, -0.2) is 19.5 Å². The maximum atomic E-state index is 12.3. The van der Waals surface area contributed by atoms with Crippen molar-refractivity contribution in [3.05, 3.63) is 58.1 Å². The van der Waals surface area contributed by atoms with Gasteiger partial charge in [0, 0.05) is 4.47 Å². The minimum absolute atomic E-state index is 0.0353. The van der Waals surface area contributed by atoms with Crippen LogP contribution >= 0.6 is 15.9 Å². The number of aromatic carboxylic acids is 1. The number of hydrogen-bond donors (Lipinski definition) is 2. The van der Waals surface area contributed by atoms with Gasteiger partial charge in [-0.2, -0.15) is 0 Å². The maximum Gasteiger partial charge on any atom is 0.337 e. The van der Waals surface area contributed by atoms with E-state index in [0.717, 1.165) is 5.56 Å². The summed E-state index contributed by atoms with van der Waals surface area (Å²) in [5.74, 6) is -1.19. The second kappa shape index (κ2) is 5.87. The molecule has 0 aliphatic heterocycles. The van der Waals surface area contributed by atoms with Gasteiger partial charge in [-0.1, -0.05) is 33.6 Å². The smallest absolute Gasteiger partial charge is 0.337 e. The summed E-state index contributed by atoms with van der Waals surface area (Å²) < 4.78 is 27.5. The van der Waals surface area contributed by atoms with Gasteiger partial charge in [-0.25, -0.2) is 13.2 Å². The van der Waals surface area contributed by atoms with Crippen molar-refractivity contribution in [3.63, 3.8) is 0 Å². The second-order valence-corrected chi connectivity index (χ2v) is 7.02. The average Bonchev–Trinajstić information content (AvgIpc) is 2.40. The van der Waals surface area contributed by atoms with Crippen molar-refractivity contribution in [1.29, 1.82) is 0 Å². The van der Waals surface area contributed by atoms with Crippen LogP contribution in [0.1, 0.15) is 15.9 Å². The standard InChI is InChI=1S/C14H12BrNO4S/c1-9-5-6-13(12(7-9)14(17)18)16-21(19,20)11-4-2-3-10(15)8-11/h2-8,16H,1H3,(H,17,18). The zero-order valence-corrected chi connectivity index (χ0v) is 13.4. The highest BCUT2D eigenvalue weighted by atomic mass is 79.9. The van der Waals surface area contributed by atoms with Gasteiger partial charge < -0.3 is 5.11 Å². The Morgan fingerprint density at radius 2 is 1.90 bits per heavy atom. The van der Waals surface area contributed by atoms with Crippen LogP contribution in [-0.2, 0) is 10.0 Å². The number of rotatable bonds is 4. The van der Waals surface area contributed by atoms with Gasteiger partial charge in [0.15, 0.2) is 0 Å². The fraction of sp³-hybridized carbons (Fsp3) is 0.0714. The molecule has 0 spiro atoms. The number of nitrogens with one attached hydrogen (secondary N) is 1. The predicted octanol–water partition coefficient (Wildman–Crippen LogP) is 3.26. The number of benzene rings is 2. The number of sulfonamides is 1. The molecule has 0 aromatic heterocycles. The number of carboxylic acids is 1. The number of hydrogen-bond acceptors (Lipinski definition) is 3. The van der Waals surface area contributed by atoms with Gasteiger partial charge in [-0.05, 0) is 37.3 Å². The molecule has 0 saturated carbocycles. The first kappa shape index (κ1) is 15.5. The van der Waals surface area contributed by atoms with E-state index in [0.29, 0.717) is 4.47 Å². The summed E-state index contributed by atoms with van der Waals surface area (Å²) >= 11 is 3.20. The highest BCUT2D eigenvalue weighted by molar-refractivity contribution is 9.10. The predicted molar refractivity (Wildman–Crippen MR) is 83.1 cm³/mol. The van der Waals surface area contributed by atoms with Gasteiger partial charge in [0.2, 0.25) is 0 Å². The fourth-order valence-corrected chi connectivity index (χ4v) is 3.44. The topological polar surface area (TPSA) is 83.5 Å². The van der Waals surface area contributed by atoms with Gasteiger partial charge in [-0.3, -0.25) is 4.72 Å². The lowest BCUT2D eigenvalue weighted by Crippen LogP contribution is -2.15. The van der Waals surface area contributed by atoms with Crippen molar-refractivity contribution in [3.8, 4) is 0 Å². The van der Waals surface area contributed by atoms with Gasteiger partial charge in [-0.15, -0.1) is 0 Å². The maximum absolute atomic E-state index is 12.3. The molecular weight excluding hydrogens is 358 g/mol. The molecule has 0 bridgehead atoms. The average molecular weight is 370 g/mol. The van der Waals surface area contributed by atoms with E-state index in [2.05, 4.69) is 20.7 Å². The van der Waals surface area contributed by atoms with Gasteiger partial charge in [0.1, 0.15) is 0 Å². The van der Waals surface area contributed by atoms with Gasteiger partial charge >= 0.3 is 5.97 Å². The van der Waals surface area contributed by atoms with Gasteiger partial charge in [0.25, 0.3) is 10.0 Å². The summed E-state index contributed by atoms with van der Waals surface area (Å²) in [6, 6.07) is 10.7. The summed E-state index contributed by atoms with van der Waals surface area (Å²) in [5.41, 5.74) is 0.680. The summed E-state index contributed by atoms with van der Waals surface area (Å²) in [6.45, 7) is 1.74. The van der Waals surface area contributed by atoms with Crippen molar-refractivity contribution >= 4 is 37.6 Å². The summed E-state index contributed by atoms with van der Waals surface area (Å²) in [4.78, 5) is 11.3. The highest BCUT2D eigenvalue weighted by Crippen LogP contribution is 2.23. The Kier molecular flexibility index (Phi) is 4.34. The van der Waals surface area contributed by atoms with E-state index in [1.54, 1.807) is 25.1 Å². The van der Waals surface area contributed by atoms with Crippen LogP contribution in [0.2, 0.25) is 0 Å². The van der Waals surface area contributed by atoms with Crippen molar-refractivity contribution in [2.45, 2.75) is 11.8 Å². The molecule has 0 atom stereocenters. The van der Waals surface area contributed by atoms with E-state index >= 15 is 0 Å². The van der Waals surface area contributed by atoms with E-state index in [-0.39, 0.29) is 16.1 Å². The molecule has 0 saturated heterocycles. The third-order valence-electron chi connectivity index (χ3n) is 2.76. The first-order chi connectivity index (χ1) is 9.79. The van der Waals surface area contributed by atoms with Crippen LogP contribution in [0.15, 0.2) is 51.8 Å². The first-order valence-corrected chi connectivity index (χ1v) is 8.19. The molecule has 2 N–H and O–H groups in total. The number of aryl methyl sites for hydroxylation is 1. The SMILES string of the molecule is Cc1ccc(NS(=O)(=O)c2cccc(Br)c2)c(C(=O)O)c1. The first-order valence-electron chi connectivity index (χ1n) is 5.92. The molecule has 0 heterocycles. The zero-order valence-electron chi connectivity index (χ0n) is 11.0. The monoisotopic (exact) mass is 369 g/mol. The molecule has 5 nitrogen and oxygen atoms in total. The van der Waals surface area contributed by atoms with Crippen LogP contribution in [0.4, 0.5) is 5.69 Å². The van der Waals surface area contributed by atoms with Crippen molar-refractivity contribution in [1.82, 2.24) is 0 Å². The molecule has 0 radical (unpaired) electrons. The number of halogens is 1. The van der Waals surface area contributed by atoms with Crippen LogP contribution in [0.25, 0.3) is 0 Å². The summed E-state index contributed by atoms with van der Waals surface area (Å²) in [7, 11) is -3.85. The fourth-order valence-electron chi connectivity index (χ4n) is 1.76. The quantitative estimate of drug-likeness (QED) is 0.866. The van der Waals surface area contributed by atoms with Crippen LogP contribution in [0.5, 0.6) is 0 Å². The third-order valence-corrected chi connectivity index (χ3v) is 4.61. The Labute approximate surface area is 130 Å². The Morgan fingerprint density at radius 3 is 2.52 bits per heavy atom. The van der Waals surface area contributed by atoms with Crippen molar-refractivity contribution in [2.75, 3.05) is 4.72 Å². The number of carboxylic acid groups (broad SMARTS) is 1. The van der Waals surface area contributed by atoms with Crippen molar-refractivity contribution in [2.24, 2.45) is 0 Å². The second-order valence-electron chi connectivity index (χ2n) is 4.42. The molecule has 2 aromatic carbocycles. The Bertz CT molecular complexity index is 802. The normalized spacial score (nSPS) is 11.1. The van der Waals surface area contributed by atoms with E-state index in [9.17, 15) is 13.2 Å². The van der Waals surface area contributed by atoms with Crippen LogP contribution < -0.4 is 4.72 Å². The van der Waals surface area contributed by atoms with E-state index in [1.165, 1.54) is 24.3 Å². The lowest BCUT2D eigenvalue weighted by atomic mass is 10.1. The van der Waals surface area contributed by atoms with E-state index in [1.807, 2.05) is 0 Å². The number of anilines is 1. The minimum Gasteiger partial charge on any atom is -0.478 e. The zero-order chi connectivity index (χ0) is 15.6. The molecule has 0 unspecified atom stereocenters. The molecule has 2 rings (SSSR count). The van der Waals surface area contributed by atoms with E-state index < -0.39 is 16.0 Å². The third kappa shape index (κ3) is 3.62. The van der Waals surface area contributed by atoms with Gasteiger partial charge in [0.05, 0.1) is 16.1 Å². The lowest BCUT2D eigenvalue weighted by Gasteiger charge is -2.11. The molecule has 2 aromatic rings.